The van der Waals surface area contributed by atoms with E-state index in [1.54, 1.807) is 6.08 Å². The highest BCUT2D eigenvalue weighted by molar-refractivity contribution is 6.31. The van der Waals surface area contributed by atoms with Gasteiger partial charge in [0.2, 0.25) is 0 Å². The summed E-state index contributed by atoms with van der Waals surface area (Å²) >= 11 is 5.58. The predicted molar refractivity (Wildman–Crippen MR) is 35.5 cm³/mol. The summed E-state index contributed by atoms with van der Waals surface area (Å²) in [5.41, 5.74) is 1.12. The third-order valence-corrected chi connectivity index (χ3v) is 1.17. The van der Waals surface area contributed by atoms with Crippen molar-refractivity contribution in [3.05, 3.63) is 34.9 Å². The van der Waals surface area contributed by atoms with Gasteiger partial charge >= 0.3 is 0 Å². The molecule has 1 aliphatic rings. The van der Waals surface area contributed by atoms with Crippen molar-refractivity contribution in [3.63, 3.8) is 0 Å². The third kappa shape index (κ3) is 1.19. The smallest absolute Gasteiger partial charge is 0.00564 e. The Morgan fingerprint density at radius 2 is 2.25 bits per heavy atom. The minimum absolute atomic E-state index is 0.746. The Labute approximate surface area is 54.2 Å². The molecule has 40 valence electrons. The van der Waals surface area contributed by atoms with Crippen molar-refractivity contribution in [2.24, 2.45) is 0 Å². The first-order valence-electron chi connectivity index (χ1n) is 2.43. The number of rotatable bonds is 0. The summed E-state index contributed by atoms with van der Waals surface area (Å²) in [6, 6.07) is 0. The highest BCUT2D eigenvalue weighted by Gasteiger charge is 2.00. The van der Waals surface area contributed by atoms with E-state index in [0.29, 0.717) is 0 Å². The summed E-state index contributed by atoms with van der Waals surface area (Å²) in [5, 5.41) is 0.746. The molecule has 0 aliphatic heterocycles. The Morgan fingerprint density at radius 3 is 2.62 bits per heavy atom. The summed E-state index contributed by atoms with van der Waals surface area (Å²) in [6.45, 7) is 1.98. The zero-order valence-electron chi connectivity index (χ0n) is 4.61. The van der Waals surface area contributed by atoms with Crippen molar-refractivity contribution >= 4 is 11.6 Å². The minimum Gasteiger partial charge on any atom is -0.00564 e. The second-order valence-corrected chi connectivity index (χ2v) is 2.13. The van der Waals surface area contributed by atoms with Crippen LogP contribution >= 0.6 is 11.6 Å². The molecular weight excluding hydrogens is 120 g/mol. The van der Waals surface area contributed by atoms with Crippen LogP contribution < -0.4 is 0 Å². The number of hydrogen-bond donors (Lipinski definition) is 0. The molecule has 0 aromatic carbocycles. The van der Waals surface area contributed by atoms with Gasteiger partial charge in [0, 0.05) is 17.7 Å². The van der Waals surface area contributed by atoms with Gasteiger partial charge in [0.15, 0.2) is 5.03 Å². The lowest BCUT2D eigenvalue weighted by atomic mass is 10.2. The number of hydrogen-bond acceptors (Lipinski definition) is 0. The Morgan fingerprint density at radius 1 is 1.50 bits per heavy atom. The van der Waals surface area contributed by atoms with Gasteiger partial charge in [-0.15, -0.1) is 0 Å². The molecule has 0 amide bonds. The first-order chi connectivity index (χ1) is 3.79. The molecule has 0 N–H and O–H groups in total. The number of halogens is 1. The maximum absolute atomic E-state index is 5.58. The molecule has 1 aliphatic carbocycles. The van der Waals surface area contributed by atoms with E-state index in [9.17, 15) is 0 Å². The average molecular weight is 126 g/mol. The Kier molecular flexibility index (Phi) is 1.48. The van der Waals surface area contributed by atoms with Gasteiger partial charge in [0.25, 0.3) is 0 Å². The predicted octanol–water partition coefficient (Wildman–Crippen LogP) is 2.43. The first kappa shape index (κ1) is 5.55. The molecule has 0 unspecified atom stereocenters. The lowest BCUT2D eigenvalue weighted by Crippen LogP contribution is -1.74. The van der Waals surface area contributed by atoms with Crippen LogP contribution in [0.15, 0.2) is 28.8 Å². The largest absolute Gasteiger partial charge is 0.155 e. The van der Waals surface area contributed by atoms with Crippen LogP contribution in [-0.4, -0.2) is 0 Å². The molecule has 0 atom stereocenters. The van der Waals surface area contributed by atoms with Crippen molar-refractivity contribution < 1.29 is 0 Å². The van der Waals surface area contributed by atoms with Crippen LogP contribution in [0.1, 0.15) is 6.92 Å². The normalized spacial score (nSPS) is 16.8. The van der Waals surface area contributed by atoms with Crippen LogP contribution in [0.2, 0.25) is 0 Å². The van der Waals surface area contributed by atoms with Crippen LogP contribution in [0.3, 0.4) is 0 Å². The van der Waals surface area contributed by atoms with Gasteiger partial charge in [0.05, 0.1) is 12.2 Å². The lowest BCUT2D eigenvalue weighted by molar-refractivity contribution is 1.46. The fraction of sp³-hybridized carbons (Fsp3) is 0.143. The van der Waals surface area contributed by atoms with E-state index in [-0.39, 0.29) is 0 Å². The van der Waals surface area contributed by atoms with Crippen molar-refractivity contribution in [2.45, 2.75) is 6.92 Å². The quantitative estimate of drug-likeness (QED) is 0.436. The Hall–Kier alpha value is -0.580. The maximum atomic E-state index is 5.58. The third-order valence-electron chi connectivity index (χ3n) is 0.930. The number of allylic oxidation sites excluding steroid dienone is 6. The van der Waals surface area contributed by atoms with E-state index >= 15 is 0 Å². The lowest BCUT2D eigenvalue weighted by Gasteiger charge is -1.82. The molecule has 0 spiro atoms. The van der Waals surface area contributed by atoms with Crippen molar-refractivity contribution in [1.29, 1.82) is 0 Å². The SMILES string of the molecule is CC1=[C+]C=C(Cl)C=C1. The van der Waals surface area contributed by atoms with Crippen LogP contribution in [0.5, 0.6) is 0 Å². The van der Waals surface area contributed by atoms with E-state index in [1.807, 2.05) is 19.1 Å². The summed E-state index contributed by atoms with van der Waals surface area (Å²) < 4.78 is 0. The second-order valence-electron chi connectivity index (χ2n) is 1.69. The summed E-state index contributed by atoms with van der Waals surface area (Å²) in [6.07, 6.45) is 8.52. The molecule has 0 radical (unpaired) electrons. The zero-order chi connectivity index (χ0) is 5.98. The molecule has 1 rings (SSSR count). The van der Waals surface area contributed by atoms with Crippen LogP contribution in [-0.2, 0) is 0 Å². The van der Waals surface area contributed by atoms with Gasteiger partial charge in [-0.05, 0) is 6.92 Å². The van der Waals surface area contributed by atoms with E-state index < -0.39 is 0 Å². The van der Waals surface area contributed by atoms with Crippen molar-refractivity contribution in [3.8, 4) is 0 Å². The van der Waals surface area contributed by atoms with Crippen LogP contribution in [0.25, 0.3) is 0 Å². The highest BCUT2D eigenvalue weighted by Crippen LogP contribution is 2.10. The average Bonchev–Trinajstić information content (AvgIpc) is 1.77. The summed E-state index contributed by atoms with van der Waals surface area (Å²) in [5.74, 6) is 0. The topological polar surface area (TPSA) is 0 Å². The van der Waals surface area contributed by atoms with E-state index in [4.69, 9.17) is 11.6 Å². The molecule has 0 nitrogen and oxygen atoms in total. The van der Waals surface area contributed by atoms with Gasteiger partial charge in [-0.1, -0.05) is 0 Å². The Balaban J connectivity index is 2.86. The van der Waals surface area contributed by atoms with E-state index in [2.05, 4.69) is 6.08 Å². The minimum atomic E-state index is 0.746. The highest BCUT2D eigenvalue weighted by atomic mass is 35.5. The van der Waals surface area contributed by atoms with Crippen LogP contribution in [0.4, 0.5) is 0 Å². The van der Waals surface area contributed by atoms with Gasteiger partial charge in [-0.2, -0.15) is 0 Å². The second kappa shape index (κ2) is 2.13. The molecule has 0 saturated heterocycles. The molecule has 0 aromatic rings. The molecular formula is C7H6Cl+. The first-order valence-corrected chi connectivity index (χ1v) is 2.80. The van der Waals surface area contributed by atoms with Gasteiger partial charge < -0.3 is 0 Å². The van der Waals surface area contributed by atoms with Crippen molar-refractivity contribution in [1.82, 2.24) is 0 Å². The molecule has 0 fully saturated rings. The van der Waals surface area contributed by atoms with Gasteiger partial charge in [-0.3, -0.25) is 0 Å². The molecule has 0 aromatic heterocycles. The molecule has 0 saturated carbocycles. The summed E-state index contributed by atoms with van der Waals surface area (Å²) in [7, 11) is 0. The van der Waals surface area contributed by atoms with E-state index in [0.717, 1.165) is 10.6 Å². The molecule has 1 heteroatoms. The fourth-order valence-electron chi connectivity index (χ4n) is 0.484. The molecule has 0 heterocycles. The monoisotopic (exact) mass is 125 g/mol. The fourth-order valence-corrected chi connectivity index (χ4v) is 0.601. The standard InChI is InChI=1S/C7H6Cl/c1-6-2-4-7(8)5-3-6/h2,4-5H,1H3/q+1. The van der Waals surface area contributed by atoms with Crippen LogP contribution in [0, 0.1) is 6.08 Å². The van der Waals surface area contributed by atoms with Crippen molar-refractivity contribution in [2.75, 3.05) is 0 Å². The zero-order valence-corrected chi connectivity index (χ0v) is 5.37. The Bertz CT molecular complexity index is 153. The maximum Gasteiger partial charge on any atom is 0.155 e. The van der Waals surface area contributed by atoms with Gasteiger partial charge in [0.1, 0.15) is 11.6 Å². The van der Waals surface area contributed by atoms with E-state index in [1.165, 1.54) is 0 Å². The molecule has 8 heavy (non-hydrogen) atoms. The summed E-state index contributed by atoms with van der Waals surface area (Å²) in [4.78, 5) is 0. The van der Waals surface area contributed by atoms with Gasteiger partial charge in [-0.25, -0.2) is 0 Å². The molecule has 0 bridgehead atoms.